The molecular weight excluding hydrogens is 246 g/mol. The number of carboxylic acids is 1. The lowest BCUT2D eigenvalue weighted by atomic mass is 9.95. The largest absolute Gasteiger partial charge is 0.480 e. The molecule has 4 heteroatoms. The van der Waals surface area contributed by atoms with Crippen molar-refractivity contribution >= 4 is 17.3 Å². The molecule has 0 radical (unpaired) electrons. The van der Waals surface area contributed by atoms with E-state index >= 15 is 0 Å². The van der Waals surface area contributed by atoms with Crippen molar-refractivity contribution in [2.45, 2.75) is 32.7 Å². The zero-order valence-electron chi connectivity index (χ0n) is 11.1. The van der Waals surface area contributed by atoms with Gasteiger partial charge < -0.3 is 5.11 Å². The Labute approximate surface area is 112 Å². The molecule has 18 heavy (non-hydrogen) atoms. The van der Waals surface area contributed by atoms with Crippen LogP contribution in [0, 0.1) is 12.3 Å². The Morgan fingerprint density at radius 1 is 1.50 bits per heavy atom. The van der Waals surface area contributed by atoms with Crippen LogP contribution in [0.25, 0.3) is 0 Å². The molecule has 1 rings (SSSR count). The van der Waals surface area contributed by atoms with Crippen molar-refractivity contribution in [3.05, 3.63) is 21.9 Å². The molecule has 98 valence electrons. The van der Waals surface area contributed by atoms with Gasteiger partial charge in [-0.15, -0.1) is 17.8 Å². The molecule has 0 aliphatic rings. The smallest absolute Gasteiger partial charge is 0.317 e. The van der Waals surface area contributed by atoms with Crippen LogP contribution in [-0.2, 0) is 16.8 Å². The van der Waals surface area contributed by atoms with Crippen LogP contribution in [0.15, 0.2) is 12.1 Å². The summed E-state index contributed by atoms with van der Waals surface area (Å²) in [6.07, 6.45) is 5.25. The standard InChI is InChI=1S/C14H19NO2S/c1-5-8-15(10-13(16)17)9-11-6-7-12(18-11)14(2,3)4/h1,6-7H,8-10H2,2-4H3,(H,16,17). The second-order valence-corrected chi connectivity index (χ2v) is 6.43. The van der Waals surface area contributed by atoms with Crippen molar-refractivity contribution in [3.8, 4) is 12.3 Å². The van der Waals surface area contributed by atoms with Crippen LogP contribution in [0.1, 0.15) is 30.5 Å². The minimum Gasteiger partial charge on any atom is -0.480 e. The number of thiophene rings is 1. The SMILES string of the molecule is C#CCN(CC(=O)O)Cc1ccc(C(C)(C)C)s1. The molecule has 1 aromatic heterocycles. The van der Waals surface area contributed by atoms with E-state index in [0.717, 1.165) is 4.88 Å². The van der Waals surface area contributed by atoms with Gasteiger partial charge >= 0.3 is 5.97 Å². The minimum absolute atomic E-state index is 0.0209. The third-order valence-electron chi connectivity index (χ3n) is 2.45. The molecule has 0 amide bonds. The summed E-state index contributed by atoms with van der Waals surface area (Å²) in [5.74, 6) is 1.65. The van der Waals surface area contributed by atoms with E-state index in [1.807, 2.05) is 0 Å². The van der Waals surface area contributed by atoms with Crippen LogP contribution < -0.4 is 0 Å². The summed E-state index contributed by atoms with van der Waals surface area (Å²) in [6.45, 7) is 7.43. The summed E-state index contributed by atoms with van der Waals surface area (Å²) in [4.78, 5) is 14.9. The van der Waals surface area contributed by atoms with E-state index in [4.69, 9.17) is 11.5 Å². The van der Waals surface area contributed by atoms with Gasteiger partial charge in [-0.1, -0.05) is 26.7 Å². The summed E-state index contributed by atoms with van der Waals surface area (Å²) in [7, 11) is 0. The Bertz CT molecular complexity index is 451. The van der Waals surface area contributed by atoms with Crippen LogP contribution in [-0.4, -0.2) is 29.1 Å². The monoisotopic (exact) mass is 265 g/mol. The molecule has 1 N–H and O–H groups in total. The van der Waals surface area contributed by atoms with Gasteiger partial charge in [-0.3, -0.25) is 9.69 Å². The summed E-state index contributed by atoms with van der Waals surface area (Å²) in [5, 5.41) is 8.82. The molecule has 0 fully saturated rings. The molecule has 1 heterocycles. The number of rotatable bonds is 5. The molecule has 0 aliphatic carbocycles. The number of carboxylic acid groups (broad SMARTS) is 1. The second kappa shape index (κ2) is 6.03. The van der Waals surface area contributed by atoms with E-state index in [1.54, 1.807) is 16.2 Å². The Morgan fingerprint density at radius 3 is 2.61 bits per heavy atom. The van der Waals surface area contributed by atoms with Crippen molar-refractivity contribution in [2.24, 2.45) is 0 Å². The molecule has 0 unspecified atom stereocenters. The average molecular weight is 265 g/mol. The van der Waals surface area contributed by atoms with Crippen molar-refractivity contribution in [1.29, 1.82) is 0 Å². The maximum absolute atomic E-state index is 10.7. The summed E-state index contributed by atoms with van der Waals surface area (Å²) < 4.78 is 0. The maximum atomic E-state index is 10.7. The quantitative estimate of drug-likeness (QED) is 0.832. The van der Waals surface area contributed by atoms with Crippen LogP contribution in [0.3, 0.4) is 0 Å². The molecule has 0 bridgehead atoms. The van der Waals surface area contributed by atoms with Crippen molar-refractivity contribution in [3.63, 3.8) is 0 Å². The van der Waals surface area contributed by atoms with Gasteiger partial charge in [-0.2, -0.15) is 0 Å². The fourth-order valence-electron chi connectivity index (χ4n) is 1.57. The van der Waals surface area contributed by atoms with Gasteiger partial charge in [-0.25, -0.2) is 0 Å². The van der Waals surface area contributed by atoms with Gasteiger partial charge in [0, 0.05) is 16.3 Å². The molecule has 0 atom stereocenters. The lowest BCUT2D eigenvalue weighted by Gasteiger charge is -2.17. The van der Waals surface area contributed by atoms with E-state index in [-0.39, 0.29) is 12.0 Å². The molecule has 0 spiro atoms. The van der Waals surface area contributed by atoms with Gasteiger partial charge in [0.25, 0.3) is 0 Å². The van der Waals surface area contributed by atoms with E-state index in [0.29, 0.717) is 13.1 Å². The molecule has 0 saturated carbocycles. The molecule has 0 aromatic carbocycles. The Kier molecular flexibility index (Phi) is 4.94. The first-order valence-corrected chi connectivity index (χ1v) is 6.61. The number of hydrogen-bond acceptors (Lipinski definition) is 3. The van der Waals surface area contributed by atoms with Gasteiger partial charge in [0.2, 0.25) is 0 Å². The molecular formula is C14H19NO2S. The molecule has 0 aliphatic heterocycles. The minimum atomic E-state index is -0.849. The Morgan fingerprint density at radius 2 is 2.17 bits per heavy atom. The second-order valence-electron chi connectivity index (χ2n) is 5.26. The van der Waals surface area contributed by atoms with Crippen LogP contribution in [0.2, 0.25) is 0 Å². The number of hydrogen-bond donors (Lipinski definition) is 1. The lowest BCUT2D eigenvalue weighted by Crippen LogP contribution is -2.29. The van der Waals surface area contributed by atoms with Crippen LogP contribution in [0.5, 0.6) is 0 Å². The number of carbonyl (C=O) groups is 1. The zero-order valence-corrected chi connectivity index (χ0v) is 11.9. The lowest BCUT2D eigenvalue weighted by molar-refractivity contribution is -0.138. The maximum Gasteiger partial charge on any atom is 0.317 e. The van der Waals surface area contributed by atoms with Crippen molar-refractivity contribution < 1.29 is 9.90 Å². The highest BCUT2D eigenvalue weighted by molar-refractivity contribution is 7.12. The van der Waals surface area contributed by atoms with Gasteiger partial charge in [-0.05, 0) is 17.5 Å². The van der Waals surface area contributed by atoms with E-state index < -0.39 is 5.97 Å². The summed E-state index contributed by atoms with van der Waals surface area (Å²) in [6, 6.07) is 4.16. The third kappa shape index (κ3) is 4.52. The highest BCUT2D eigenvalue weighted by Gasteiger charge is 2.17. The van der Waals surface area contributed by atoms with Gasteiger partial charge in [0.1, 0.15) is 0 Å². The number of nitrogens with zero attached hydrogens (tertiary/aromatic N) is 1. The predicted molar refractivity (Wildman–Crippen MR) is 74.8 cm³/mol. The van der Waals surface area contributed by atoms with Crippen molar-refractivity contribution in [2.75, 3.05) is 13.1 Å². The van der Waals surface area contributed by atoms with E-state index in [1.165, 1.54) is 4.88 Å². The fourth-order valence-corrected chi connectivity index (χ4v) is 2.68. The normalized spacial score (nSPS) is 11.5. The first-order chi connectivity index (χ1) is 8.32. The van der Waals surface area contributed by atoms with E-state index in [9.17, 15) is 4.79 Å². The van der Waals surface area contributed by atoms with Gasteiger partial charge in [0.05, 0.1) is 13.1 Å². The average Bonchev–Trinajstić information content (AvgIpc) is 2.64. The molecule has 0 saturated heterocycles. The first kappa shape index (κ1) is 14.7. The number of aliphatic carboxylic acids is 1. The Balaban J connectivity index is 2.73. The van der Waals surface area contributed by atoms with Crippen LogP contribution >= 0.6 is 11.3 Å². The zero-order chi connectivity index (χ0) is 13.8. The third-order valence-corrected chi connectivity index (χ3v) is 3.95. The highest BCUT2D eigenvalue weighted by atomic mass is 32.1. The Hall–Kier alpha value is -1.31. The highest BCUT2D eigenvalue weighted by Crippen LogP contribution is 2.29. The number of terminal acetylenes is 1. The topological polar surface area (TPSA) is 40.5 Å². The van der Waals surface area contributed by atoms with Crippen molar-refractivity contribution in [1.82, 2.24) is 4.90 Å². The molecule has 3 nitrogen and oxygen atoms in total. The molecule has 1 aromatic rings. The van der Waals surface area contributed by atoms with Crippen LogP contribution in [0.4, 0.5) is 0 Å². The van der Waals surface area contributed by atoms with Gasteiger partial charge in [0.15, 0.2) is 0 Å². The summed E-state index contributed by atoms with van der Waals surface area (Å²) in [5.41, 5.74) is 0.132. The first-order valence-electron chi connectivity index (χ1n) is 5.79. The summed E-state index contributed by atoms with van der Waals surface area (Å²) >= 11 is 1.72. The van der Waals surface area contributed by atoms with E-state index in [2.05, 4.69) is 38.8 Å². The fraction of sp³-hybridized carbons (Fsp3) is 0.500. The predicted octanol–water partition coefficient (Wildman–Crippen LogP) is 2.57.